The van der Waals surface area contributed by atoms with E-state index in [0.29, 0.717) is 16.9 Å². The normalized spacial score (nSPS) is 42.6. The smallest absolute Gasteiger partial charge is 0.0177 e. The standard InChI is InChI=1S/C19H35N/c1-14(15-9-7-5-6-8-10-15)20-17-18(2,3)16-11-12-19(17,4)13-16/h14-17,20H,5-13H2,1-4H3/t14-,16?,17?,19?/m0/s1. The highest BCUT2D eigenvalue weighted by molar-refractivity contribution is 5.12. The van der Waals surface area contributed by atoms with Crippen molar-refractivity contribution in [2.45, 2.75) is 97.6 Å². The van der Waals surface area contributed by atoms with E-state index in [2.05, 4.69) is 33.0 Å². The summed E-state index contributed by atoms with van der Waals surface area (Å²) in [6.07, 6.45) is 13.2. The lowest BCUT2D eigenvalue weighted by atomic mass is 9.68. The van der Waals surface area contributed by atoms with Crippen LogP contribution < -0.4 is 5.32 Å². The highest BCUT2D eigenvalue weighted by Gasteiger charge is 2.59. The first-order valence-corrected chi connectivity index (χ1v) is 9.19. The topological polar surface area (TPSA) is 12.0 Å². The van der Waals surface area contributed by atoms with Gasteiger partial charge >= 0.3 is 0 Å². The van der Waals surface area contributed by atoms with E-state index in [4.69, 9.17) is 0 Å². The van der Waals surface area contributed by atoms with Gasteiger partial charge in [-0.05, 0) is 61.7 Å². The number of fused-ring (bicyclic) bond motifs is 2. The van der Waals surface area contributed by atoms with Crippen LogP contribution >= 0.6 is 0 Å². The number of rotatable bonds is 3. The molecular formula is C19H35N. The minimum absolute atomic E-state index is 0.506. The molecule has 4 atom stereocenters. The molecule has 0 radical (unpaired) electrons. The van der Waals surface area contributed by atoms with E-state index in [1.54, 1.807) is 0 Å². The molecule has 1 nitrogen and oxygen atoms in total. The van der Waals surface area contributed by atoms with Crippen LogP contribution in [-0.2, 0) is 0 Å². The molecule has 0 aromatic rings. The molecule has 20 heavy (non-hydrogen) atoms. The fraction of sp³-hybridized carbons (Fsp3) is 1.00. The highest BCUT2D eigenvalue weighted by Crippen LogP contribution is 2.62. The van der Waals surface area contributed by atoms with Crippen LogP contribution in [0.4, 0.5) is 0 Å². The van der Waals surface area contributed by atoms with Crippen molar-refractivity contribution >= 4 is 0 Å². The molecule has 0 heterocycles. The summed E-state index contributed by atoms with van der Waals surface area (Å²) >= 11 is 0. The third-order valence-electron chi connectivity index (χ3n) is 7.31. The fourth-order valence-corrected chi connectivity index (χ4v) is 5.93. The van der Waals surface area contributed by atoms with E-state index in [9.17, 15) is 0 Å². The van der Waals surface area contributed by atoms with E-state index in [-0.39, 0.29) is 0 Å². The van der Waals surface area contributed by atoms with Crippen molar-refractivity contribution in [3.63, 3.8) is 0 Å². The SMILES string of the molecule is C[C@H](NC1C2(C)CCC(C2)C1(C)C)C1CCCCCC1. The first-order chi connectivity index (χ1) is 9.43. The van der Waals surface area contributed by atoms with Crippen molar-refractivity contribution in [2.24, 2.45) is 22.7 Å². The predicted molar refractivity (Wildman–Crippen MR) is 86.8 cm³/mol. The van der Waals surface area contributed by atoms with Gasteiger partial charge in [0.15, 0.2) is 0 Å². The molecule has 1 N–H and O–H groups in total. The van der Waals surface area contributed by atoms with Crippen molar-refractivity contribution < 1.29 is 0 Å². The maximum Gasteiger partial charge on any atom is 0.0177 e. The fourth-order valence-electron chi connectivity index (χ4n) is 5.93. The Kier molecular flexibility index (Phi) is 3.95. The second-order valence-electron chi connectivity index (χ2n) is 9.06. The van der Waals surface area contributed by atoms with Crippen molar-refractivity contribution in [1.82, 2.24) is 5.32 Å². The quantitative estimate of drug-likeness (QED) is 0.703. The molecule has 0 aliphatic heterocycles. The van der Waals surface area contributed by atoms with Gasteiger partial charge in [0.2, 0.25) is 0 Å². The molecule has 3 rings (SSSR count). The summed E-state index contributed by atoms with van der Waals surface area (Å²) in [7, 11) is 0. The summed E-state index contributed by atoms with van der Waals surface area (Å²) in [6.45, 7) is 10.1. The van der Waals surface area contributed by atoms with Gasteiger partial charge in [0, 0.05) is 12.1 Å². The van der Waals surface area contributed by atoms with Crippen LogP contribution in [0.15, 0.2) is 0 Å². The Hall–Kier alpha value is -0.0400. The number of nitrogens with one attached hydrogen (secondary N) is 1. The van der Waals surface area contributed by atoms with Crippen molar-refractivity contribution in [3.05, 3.63) is 0 Å². The van der Waals surface area contributed by atoms with Crippen LogP contribution in [0.2, 0.25) is 0 Å². The molecule has 3 unspecified atom stereocenters. The molecule has 116 valence electrons. The minimum atomic E-state index is 0.506. The van der Waals surface area contributed by atoms with Gasteiger partial charge in [0.25, 0.3) is 0 Å². The number of hydrogen-bond acceptors (Lipinski definition) is 1. The maximum absolute atomic E-state index is 4.14. The maximum atomic E-state index is 4.14. The molecule has 3 saturated carbocycles. The second-order valence-corrected chi connectivity index (χ2v) is 9.06. The molecule has 0 amide bonds. The third-order valence-corrected chi connectivity index (χ3v) is 7.31. The first kappa shape index (κ1) is 14.9. The van der Waals surface area contributed by atoms with E-state index in [1.807, 2.05) is 0 Å². The minimum Gasteiger partial charge on any atom is -0.310 e. The van der Waals surface area contributed by atoms with Gasteiger partial charge in [-0.1, -0.05) is 46.5 Å². The Morgan fingerprint density at radius 2 is 1.60 bits per heavy atom. The zero-order valence-corrected chi connectivity index (χ0v) is 14.2. The number of hydrogen-bond donors (Lipinski definition) is 1. The summed E-state index contributed by atoms with van der Waals surface area (Å²) in [5, 5.41) is 4.14. The Morgan fingerprint density at radius 3 is 2.15 bits per heavy atom. The first-order valence-electron chi connectivity index (χ1n) is 9.19. The predicted octanol–water partition coefficient (Wildman–Crippen LogP) is 5.15. The van der Waals surface area contributed by atoms with E-state index in [1.165, 1.54) is 57.8 Å². The molecule has 0 spiro atoms. The Morgan fingerprint density at radius 1 is 0.950 bits per heavy atom. The van der Waals surface area contributed by atoms with Crippen LogP contribution in [0.5, 0.6) is 0 Å². The lowest BCUT2D eigenvalue weighted by molar-refractivity contribution is 0.0902. The van der Waals surface area contributed by atoms with Crippen LogP contribution in [0.1, 0.15) is 85.5 Å². The van der Waals surface area contributed by atoms with E-state index < -0.39 is 0 Å². The third kappa shape index (κ3) is 2.45. The van der Waals surface area contributed by atoms with Crippen molar-refractivity contribution in [2.75, 3.05) is 0 Å². The summed E-state index contributed by atoms with van der Waals surface area (Å²) in [4.78, 5) is 0. The van der Waals surface area contributed by atoms with Gasteiger partial charge in [-0.15, -0.1) is 0 Å². The van der Waals surface area contributed by atoms with Gasteiger partial charge in [-0.25, -0.2) is 0 Å². The summed E-state index contributed by atoms with van der Waals surface area (Å²) in [6, 6.07) is 1.46. The van der Waals surface area contributed by atoms with E-state index in [0.717, 1.165) is 17.9 Å². The Bertz CT molecular complexity index is 335. The molecule has 1 heteroatoms. The van der Waals surface area contributed by atoms with Gasteiger partial charge in [0.05, 0.1) is 0 Å². The molecule has 3 aliphatic carbocycles. The zero-order chi connectivity index (χ0) is 14.4. The molecule has 3 aliphatic rings. The Labute approximate surface area is 126 Å². The average molecular weight is 277 g/mol. The van der Waals surface area contributed by atoms with Gasteiger partial charge in [-0.2, -0.15) is 0 Å². The van der Waals surface area contributed by atoms with Gasteiger partial charge in [-0.3, -0.25) is 0 Å². The zero-order valence-electron chi connectivity index (χ0n) is 14.2. The molecule has 0 saturated heterocycles. The molecule has 0 aromatic heterocycles. The lowest BCUT2D eigenvalue weighted by Crippen LogP contribution is -2.54. The Balaban J connectivity index is 1.67. The average Bonchev–Trinajstić information content (AvgIpc) is 2.71. The second kappa shape index (κ2) is 5.30. The van der Waals surface area contributed by atoms with Crippen molar-refractivity contribution in [3.8, 4) is 0 Å². The summed E-state index contributed by atoms with van der Waals surface area (Å²) < 4.78 is 0. The molecule has 3 fully saturated rings. The van der Waals surface area contributed by atoms with Crippen LogP contribution in [0.25, 0.3) is 0 Å². The van der Waals surface area contributed by atoms with Gasteiger partial charge < -0.3 is 5.32 Å². The van der Waals surface area contributed by atoms with Crippen LogP contribution in [0, 0.1) is 22.7 Å². The lowest BCUT2D eigenvalue weighted by Gasteiger charge is -2.45. The molecule has 0 aromatic carbocycles. The highest BCUT2D eigenvalue weighted by atomic mass is 15.0. The molecule has 2 bridgehead atoms. The summed E-state index contributed by atoms with van der Waals surface area (Å²) in [5.41, 5.74) is 1.08. The largest absolute Gasteiger partial charge is 0.310 e. The summed E-state index contributed by atoms with van der Waals surface area (Å²) in [5.74, 6) is 1.89. The monoisotopic (exact) mass is 277 g/mol. The van der Waals surface area contributed by atoms with E-state index >= 15 is 0 Å². The van der Waals surface area contributed by atoms with Gasteiger partial charge in [0.1, 0.15) is 0 Å². The molecular weight excluding hydrogens is 242 g/mol. The van der Waals surface area contributed by atoms with Crippen molar-refractivity contribution in [1.29, 1.82) is 0 Å². The van der Waals surface area contributed by atoms with Crippen LogP contribution in [0.3, 0.4) is 0 Å². The van der Waals surface area contributed by atoms with Crippen LogP contribution in [-0.4, -0.2) is 12.1 Å².